The summed E-state index contributed by atoms with van der Waals surface area (Å²) < 4.78 is 0. The molecule has 128 valence electrons. The molecule has 6 heteroatoms. The van der Waals surface area contributed by atoms with Crippen molar-refractivity contribution in [2.45, 2.75) is 45.4 Å². The third-order valence-corrected chi connectivity index (χ3v) is 4.68. The maximum absolute atomic E-state index is 11.7. The van der Waals surface area contributed by atoms with Crippen molar-refractivity contribution >= 4 is 28.3 Å². The molecule has 0 fully saturated rings. The van der Waals surface area contributed by atoms with E-state index < -0.39 is 5.97 Å². The Morgan fingerprint density at radius 2 is 1.96 bits per heavy atom. The fraction of sp³-hybridized carbons (Fsp3) is 0.389. The number of carbonyl (C=O) groups excluding carboxylic acids is 2. The van der Waals surface area contributed by atoms with E-state index >= 15 is 0 Å². The minimum atomic E-state index is -1.14. The highest BCUT2D eigenvalue weighted by Gasteiger charge is 2.09. The van der Waals surface area contributed by atoms with E-state index in [1.807, 2.05) is 17.5 Å². The van der Waals surface area contributed by atoms with Gasteiger partial charge in [0, 0.05) is 23.3 Å². The number of nitrogens with zero attached hydrogens (tertiary/aromatic N) is 1. The van der Waals surface area contributed by atoms with Crippen LogP contribution in [0.15, 0.2) is 29.6 Å². The average molecular weight is 345 g/mol. The molecule has 5 nitrogen and oxygen atoms in total. The van der Waals surface area contributed by atoms with Gasteiger partial charge in [-0.05, 0) is 30.7 Å². The number of thiazole rings is 1. The van der Waals surface area contributed by atoms with E-state index in [-0.39, 0.29) is 25.2 Å². The zero-order valence-corrected chi connectivity index (χ0v) is 14.7. The van der Waals surface area contributed by atoms with Crippen LogP contribution in [0.2, 0.25) is 0 Å². The highest BCUT2D eigenvalue weighted by molar-refractivity contribution is 7.14. The molecule has 0 bridgehead atoms. The molecule has 1 heterocycles. The Labute approximate surface area is 145 Å². The summed E-state index contributed by atoms with van der Waals surface area (Å²) in [6, 6.07) is 8.31. The number of aliphatic carboxylic acids is 1. The van der Waals surface area contributed by atoms with Crippen LogP contribution in [0.5, 0.6) is 0 Å². The van der Waals surface area contributed by atoms with Gasteiger partial charge in [0.15, 0.2) is 5.13 Å². The van der Waals surface area contributed by atoms with E-state index in [0.717, 1.165) is 17.7 Å². The van der Waals surface area contributed by atoms with Gasteiger partial charge in [0.05, 0.1) is 5.69 Å². The summed E-state index contributed by atoms with van der Waals surface area (Å²) in [5, 5.41) is 15.5. The maximum atomic E-state index is 11.7. The predicted molar refractivity (Wildman–Crippen MR) is 93.7 cm³/mol. The number of nitrogens with one attached hydrogen (secondary N) is 1. The molecule has 2 rings (SSSR count). The van der Waals surface area contributed by atoms with Crippen LogP contribution >= 0.6 is 11.3 Å². The van der Waals surface area contributed by atoms with Gasteiger partial charge in [0.25, 0.3) is 0 Å². The minimum absolute atomic E-state index is 0.112. The normalized spacial score (nSPS) is 11.9. The van der Waals surface area contributed by atoms with Crippen LogP contribution in [0.3, 0.4) is 0 Å². The van der Waals surface area contributed by atoms with Gasteiger partial charge in [-0.2, -0.15) is 0 Å². The summed E-state index contributed by atoms with van der Waals surface area (Å²) in [5.41, 5.74) is 3.13. The summed E-state index contributed by atoms with van der Waals surface area (Å²) in [6.07, 6.45) is 1.40. The number of hydrogen-bond acceptors (Lipinski definition) is 5. The van der Waals surface area contributed by atoms with Gasteiger partial charge in [-0.1, -0.05) is 38.1 Å². The van der Waals surface area contributed by atoms with Crippen LogP contribution in [0.1, 0.15) is 51.0 Å². The average Bonchev–Trinajstić information content (AvgIpc) is 3.02. The van der Waals surface area contributed by atoms with Crippen molar-refractivity contribution in [2.24, 2.45) is 0 Å². The van der Waals surface area contributed by atoms with Crippen LogP contribution in [0.25, 0.3) is 11.3 Å². The summed E-state index contributed by atoms with van der Waals surface area (Å²) in [4.78, 5) is 26.5. The molecule has 1 aromatic carbocycles. The number of hydrogen-bond donors (Lipinski definition) is 1. The monoisotopic (exact) mass is 345 g/mol. The first-order valence-electron chi connectivity index (χ1n) is 8.05. The molecule has 1 N–H and O–H groups in total. The highest BCUT2D eigenvalue weighted by Crippen LogP contribution is 2.27. The second-order valence-electron chi connectivity index (χ2n) is 5.74. The third kappa shape index (κ3) is 5.16. The Hall–Kier alpha value is -2.21. The Morgan fingerprint density at radius 1 is 1.25 bits per heavy atom. The number of aromatic nitrogens is 1. The van der Waals surface area contributed by atoms with Gasteiger partial charge in [0.2, 0.25) is 5.91 Å². The second kappa shape index (κ2) is 8.59. The first-order valence-corrected chi connectivity index (χ1v) is 8.93. The first kappa shape index (κ1) is 18.1. The lowest BCUT2D eigenvalue weighted by molar-refractivity contribution is -0.305. The molecule has 0 aliphatic heterocycles. The predicted octanol–water partition coefficient (Wildman–Crippen LogP) is 3.18. The van der Waals surface area contributed by atoms with Gasteiger partial charge < -0.3 is 15.2 Å². The number of carbonyl (C=O) groups is 2. The fourth-order valence-electron chi connectivity index (χ4n) is 2.26. The molecule has 0 saturated carbocycles. The topological polar surface area (TPSA) is 82.1 Å². The summed E-state index contributed by atoms with van der Waals surface area (Å²) in [6.45, 7) is 4.37. The lowest BCUT2D eigenvalue weighted by atomic mass is 9.97. The number of rotatable bonds is 8. The Morgan fingerprint density at radius 3 is 2.58 bits per heavy atom. The van der Waals surface area contributed by atoms with E-state index in [9.17, 15) is 14.7 Å². The van der Waals surface area contributed by atoms with Crippen LogP contribution in [0, 0.1) is 0 Å². The third-order valence-electron chi connectivity index (χ3n) is 3.92. The standard InChI is InChI=1S/C18H22N2O3S/c1-3-12(2)13-7-9-14(10-8-13)15-11-24-18(19-15)20-16(21)5-4-6-17(22)23/h7-12H,3-6H2,1-2H3,(H,22,23)(H,19,20,21)/p-1/t12-/m1/s1. The molecule has 0 aliphatic rings. The van der Waals surface area contributed by atoms with Gasteiger partial charge in [-0.3, -0.25) is 4.79 Å². The van der Waals surface area contributed by atoms with Crippen molar-refractivity contribution in [2.75, 3.05) is 5.32 Å². The number of benzene rings is 1. The molecule has 1 atom stereocenters. The number of carboxylic acid groups (broad SMARTS) is 1. The van der Waals surface area contributed by atoms with Crippen molar-refractivity contribution in [3.8, 4) is 11.3 Å². The van der Waals surface area contributed by atoms with Gasteiger partial charge in [0.1, 0.15) is 0 Å². The molecule has 0 spiro atoms. The summed E-state index contributed by atoms with van der Waals surface area (Å²) in [7, 11) is 0. The number of anilines is 1. The number of amides is 1. The van der Waals surface area contributed by atoms with E-state index in [2.05, 4.69) is 36.3 Å². The zero-order chi connectivity index (χ0) is 17.5. The van der Waals surface area contributed by atoms with Crippen molar-refractivity contribution < 1.29 is 14.7 Å². The highest BCUT2D eigenvalue weighted by atomic mass is 32.1. The van der Waals surface area contributed by atoms with Crippen LogP contribution in [-0.4, -0.2) is 16.9 Å². The molecular weight excluding hydrogens is 324 g/mol. The zero-order valence-electron chi connectivity index (χ0n) is 13.9. The minimum Gasteiger partial charge on any atom is -0.550 e. The molecule has 1 aromatic heterocycles. The lowest BCUT2D eigenvalue weighted by Crippen LogP contribution is -2.22. The Balaban J connectivity index is 1.95. The fourth-order valence-corrected chi connectivity index (χ4v) is 2.99. The largest absolute Gasteiger partial charge is 0.550 e. The van der Waals surface area contributed by atoms with Crippen LogP contribution in [0.4, 0.5) is 5.13 Å². The summed E-state index contributed by atoms with van der Waals surface area (Å²) in [5.74, 6) is -0.838. The molecule has 24 heavy (non-hydrogen) atoms. The first-order chi connectivity index (χ1) is 11.5. The number of carboxylic acids is 1. The molecular formula is C18H21N2O3S-. The Kier molecular flexibility index (Phi) is 6.49. The lowest BCUT2D eigenvalue weighted by Gasteiger charge is -2.08. The maximum Gasteiger partial charge on any atom is 0.226 e. The van der Waals surface area contributed by atoms with E-state index in [0.29, 0.717) is 11.0 Å². The summed E-state index contributed by atoms with van der Waals surface area (Å²) >= 11 is 1.36. The molecule has 0 unspecified atom stereocenters. The van der Waals surface area contributed by atoms with Crippen LogP contribution in [-0.2, 0) is 9.59 Å². The second-order valence-corrected chi connectivity index (χ2v) is 6.60. The molecule has 2 aromatic rings. The van der Waals surface area contributed by atoms with Crippen LogP contribution < -0.4 is 10.4 Å². The molecule has 0 aliphatic carbocycles. The smallest absolute Gasteiger partial charge is 0.226 e. The van der Waals surface area contributed by atoms with Crippen molar-refractivity contribution in [1.82, 2.24) is 4.98 Å². The molecule has 0 radical (unpaired) electrons. The van der Waals surface area contributed by atoms with Gasteiger partial charge in [-0.25, -0.2) is 4.98 Å². The van der Waals surface area contributed by atoms with E-state index in [4.69, 9.17) is 0 Å². The quantitative estimate of drug-likeness (QED) is 0.796. The van der Waals surface area contributed by atoms with Crippen molar-refractivity contribution in [1.29, 1.82) is 0 Å². The van der Waals surface area contributed by atoms with Gasteiger partial charge in [-0.15, -0.1) is 11.3 Å². The van der Waals surface area contributed by atoms with E-state index in [1.54, 1.807) is 0 Å². The molecule has 1 amide bonds. The van der Waals surface area contributed by atoms with Crippen molar-refractivity contribution in [3.05, 3.63) is 35.2 Å². The SMILES string of the molecule is CC[C@@H](C)c1ccc(-c2csc(NC(=O)CCCC(=O)[O-])n2)cc1. The van der Waals surface area contributed by atoms with Gasteiger partial charge >= 0.3 is 0 Å². The van der Waals surface area contributed by atoms with E-state index in [1.165, 1.54) is 16.9 Å². The molecule has 0 saturated heterocycles. The Bertz CT molecular complexity index is 695. The van der Waals surface area contributed by atoms with Crippen molar-refractivity contribution in [3.63, 3.8) is 0 Å².